The van der Waals surface area contributed by atoms with Gasteiger partial charge in [0.25, 0.3) is 0 Å². The van der Waals surface area contributed by atoms with Crippen LogP contribution >= 0.6 is 27.5 Å². The molecule has 1 saturated carbocycles. The van der Waals surface area contributed by atoms with Crippen molar-refractivity contribution in [3.8, 4) is 0 Å². The van der Waals surface area contributed by atoms with Gasteiger partial charge in [-0.3, -0.25) is 0 Å². The predicted octanol–water partition coefficient (Wildman–Crippen LogP) is 3.96. The fourth-order valence-corrected chi connectivity index (χ4v) is 2.61. The number of anilines is 1. The summed E-state index contributed by atoms with van der Waals surface area (Å²) in [6.07, 6.45) is 4.31. The highest BCUT2D eigenvalue weighted by atomic mass is 79.9. The molecule has 0 spiro atoms. The van der Waals surface area contributed by atoms with Crippen molar-refractivity contribution in [1.29, 1.82) is 0 Å². The van der Waals surface area contributed by atoms with Crippen LogP contribution in [0.1, 0.15) is 19.8 Å². The van der Waals surface area contributed by atoms with Crippen LogP contribution in [0.15, 0.2) is 16.7 Å². The minimum Gasteiger partial charge on any atom is -0.369 e. The molecular formula is C11H14BrClN2. The Kier molecular flexibility index (Phi) is 3.52. The zero-order valence-electron chi connectivity index (χ0n) is 8.63. The standard InChI is InChI=1S/C11H14BrClN2/c1-2-7-3-8(7)5-14-11-10(12)4-9(13)6-15-11/h4,6-8H,2-3,5H2,1H3,(H,14,15)/t7-,8+/m1/s1. The van der Waals surface area contributed by atoms with Gasteiger partial charge >= 0.3 is 0 Å². The first-order chi connectivity index (χ1) is 7.20. The molecule has 1 fully saturated rings. The van der Waals surface area contributed by atoms with Crippen LogP contribution in [0.3, 0.4) is 0 Å². The summed E-state index contributed by atoms with van der Waals surface area (Å²) >= 11 is 9.26. The fraction of sp³-hybridized carbons (Fsp3) is 0.545. The van der Waals surface area contributed by atoms with Crippen molar-refractivity contribution in [3.63, 3.8) is 0 Å². The Morgan fingerprint density at radius 3 is 3.00 bits per heavy atom. The minimum atomic E-state index is 0.658. The van der Waals surface area contributed by atoms with E-state index in [0.717, 1.165) is 28.7 Å². The molecule has 2 rings (SSSR count). The molecule has 0 unspecified atom stereocenters. The fourth-order valence-electron chi connectivity index (χ4n) is 1.83. The Labute approximate surface area is 104 Å². The summed E-state index contributed by atoms with van der Waals surface area (Å²) in [7, 11) is 0. The predicted molar refractivity (Wildman–Crippen MR) is 67.3 cm³/mol. The highest BCUT2D eigenvalue weighted by molar-refractivity contribution is 9.10. The van der Waals surface area contributed by atoms with Gasteiger partial charge in [-0.25, -0.2) is 4.98 Å². The van der Waals surface area contributed by atoms with E-state index < -0.39 is 0 Å². The van der Waals surface area contributed by atoms with Crippen LogP contribution in [0.4, 0.5) is 5.82 Å². The third-order valence-electron chi connectivity index (χ3n) is 2.93. The largest absolute Gasteiger partial charge is 0.369 e. The first kappa shape index (κ1) is 11.2. The number of rotatable bonds is 4. The maximum Gasteiger partial charge on any atom is 0.140 e. The Bertz CT molecular complexity index is 356. The zero-order valence-corrected chi connectivity index (χ0v) is 11.0. The second-order valence-corrected chi connectivity index (χ2v) is 5.32. The lowest BCUT2D eigenvalue weighted by atomic mass is 10.2. The van der Waals surface area contributed by atoms with Crippen LogP contribution in [0.5, 0.6) is 0 Å². The van der Waals surface area contributed by atoms with Crippen molar-refractivity contribution in [2.24, 2.45) is 11.8 Å². The topological polar surface area (TPSA) is 24.9 Å². The van der Waals surface area contributed by atoms with E-state index in [2.05, 4.69) is 33.2 Å². The van der Waals surface area contributed by atoms with Crippen molar-refractivity contribution >= 4 is 33.3 Å². The summed E-state index contributed by atoms with van der Waals surface area (Å²) in [6.45, 7) is 3.27. The quantitative estimate of drug-likeness (QED) is 0.907. The molecule has 1 aromatic heterocycles. The molecule has 1 aliphatic carbocycles. The molecule has 0 bridgehead atoms. The highest BCUT2D eigenvalue weighted by Gasteiger charge is 2.34. The molecule has 0 aromatic carbocycles. The van der Waals surface area contributed by atoms with Crippen LogP contribution in [0.2, 0.25) is 5.02 Å². The summed E-state index contributed by atoms with van der Waals surface area (Å²) < 4.78 is 0.934. The van der Waals surface area contributed by atoms with E-state index in [1.165, 1.54) is 12.8 Å². The monoisotopic (exact) mass is 288 g/mol. The average Bonchev–Trinajstić information content (AvgIpc) is 2.95. The number of hydrogen-bond acceptors (Lipinski definition) is 2. The van der Waals surface area contributed by atoms with Crippen LogP contribution in [-0.2, 0) is 0 Å². The number of aromatic nitrogens is 1. The number of pyridine rings is 1. The van der Waals surface area contributed by atoms with Gasteiger partial charge in [0.05, 0.1) is 9.50 Å². The molecule has 15 heavy (non-hydrogen) atoms. The molecule has 1 N–H and O–H groups in total. The van der Waals surface area contributed by atoms with E-state index in [0.29, 0.717) is 5.02 Å². The average molecular weight is 290 g/mol. The molecule has 2 nitrogen and oxygen atoms in total. The molecular weight excluding hydrogens is 275 g/mol. The summed E-state index contributed by atoms with van der Waals surface area (Å²) in [4.78, 5) is 4.24. The smallest absolute Gasteiger partial charge is 0.140 e. The third kappa shape index (κ3) is 2.85. The summed E-state index contributed by atoms with van der Waals surface area (Å²) in [5.41, 5.74) is 0. The number of nitrogens with zero attached hydrogens (tertiary/aromatic N) is 1. The van der Waals surface area contributed by atoms with Crippen LogP contribution in [-0.4, -0.2) is 11.5 Å². The molecule has 0 aliphatic heterocycles. The Hall–Kier alpha value is -0.280. The molecule has 1 aromatic rings. The van der Waals surface area contributed by atoms with Gasteiger partial charge in [0.1, 0.15) is 5.82 Å². The van der Waals surface area contributed by atoms with Gasteiger partial charge < -0.3 is 5.32 Å². The lowest BCUT2D eigenvalue weighted by Gasteiger charge is -2.06. The lowest BCUT2D eigenvalue weighted by molar-refractivity contribution is 0.700. The number of hydrogen-bond donors (Lipinski definition) is 1. The molecule has 0 radical (unpaired) electrons. The maximum absolute atomic E-state index is 5.82. The van der Waals surface area contributed by atoms with E-state index in [-0.39, 0.29) is 0 Å². The zero-order chi connectivity index (χ0) is 10.8. The van der Waals surface area contributed by atoms with Crippen LogP contribution in [0.25, 0.3) is 0 Å². The normalized spacial score (nSPS) is 23.9. The Morgan fingerprint density at radius 1 is 1.60 bits per heavy atom. The molecule has 82 valence electrons. The summed E-state index contributed by atoms with van der Waals surface area (Å²) in [6, 6.07) is 1.86. The molecule has 1 aliphatic rings. The first-order valence-corrected chi connectivity index (χ1v) is 6.42. The van der Waals surface area contributed by atoms with E-state index in [4.69, 9.17) is 11.6 Å². The van der Waals surface area contributed by atoms with E-state index in [1.807, 2.05) is 6.07 Å². The van der Waals surface area contributed by atoms with Gasteiger partial charge in [0.2, 0.25) is 0 Å². The van der Waals surface area contributed by atoms with Gasteiger partial charge in [-0.1, -0.05) is 24.9 Å². The highest BCUT2D eigenvalue weighted by Crippen LogP contribution is 2.41. The van der Waals surface area contributed by atoms with E-state index in [1.54, 1.807) is 6.20 Å². The minimum absolute atomic E-state index is 0.658. The van der Waals surface area contributed by atoms with Crippen molar-refractivity contribution in [2.75, 3.05) is 11.9 Å². The van der Waals surface area contributed by atoms with Crippen molar-refractivity contribution in [3.05, 3.63) is 21.8 Å². The first-order valence-electron chi connectivity index (χ1n) is 5.25. The SMILES string of the molecule is CC[C@@H]1C[C@H]1CNc1ncc(Cl)cc1Br. The molecule has 4 heteroatoms. The van der Waals surface area contributed by atoms with Gasteiger partial charge in [0.15, 0.2) is 0 Å². The second kappa shape index (κ2) is 4.71. The van der Waals surface area contributed by atoms with Gasteiger partial charge in [-0.15, -0.1) is 0 Å². The Balaban J connectivity index is 1.88. The molecule has 2 atom stereocenters. The third-order valence-corrected chi connectivity index (χ3v) is 3.74. The second-order valence-electron chi connectivity index (χ2n) is 4.03. The van der Waals surface area contributed by atoms with Crippen LogP contribution < -0.4 is 5.32 Å². The number of halogens is 2. The summed E-state index contributed by atoms with van der Waals surface area (Å²) in [5, 5.41) is 4.01. The molecule has 0 saturated heterocycles. The van der Waals surface area contributed by atoms with Crippen molar-refractivity contribution < 1.29 is 0 Å². The number of nitrogens with one attached hydrogen (secondary N) is 1. The Morgan fingerprint density at radius 2 is 2.40 bits per heavy atom. The van der Waals surface area contributed by atoms with Gasteiger partial charge in [-0.2, -0.15) is 0 Å². The lowest BCUT2D eigenvalue weighted by Crippen LogP contribution is -2.06. The van der Waals surface area contributed by atoms with Gasteiger partial charge in [-0.05, 0) is 40.3 Å². The van der Waals surface area contributed by atoms with Gasteiger partial charge in [0, 0.05) is 12.7 Å². The molecule has 1 heterocycles. The van der Waals surface area contributed by atoms with E-state index in [9.17, 15) is 0 Å². The van der Waals surface area contributed by atoms with Crippen molar-refractivity contribution in [1.82, 2.24) is 4.98 Å². The summed E-state index contributed by atoms with van der Waals surface area (Å²) in [5.74, 6) is 2.64. The van der Waals surface area contributed by atoms with Crippen LogP contribution in [0, 0.1) is 11.8 Å². The van der Waals surface area contributed by atoms with E-state index >= 15 is 0 Å². The maximum atomic E-state index is 5.82. The van der Waals surface area contributed by atoms with Crippen molar-refractivity contribution in [2.45, 2.75) is 19.8 Å². The molecule has 0 amide bonds.